The number of aliphatic hydroxyl groups is 2. The van der Waals surface area contributed by atoms with Gasteiger partial charge in [0.2, 0.25) is 11.2 Å². The lowest BCUT2D eigenvalue weighted by atomic mass is 9.85. The molecule has 0 saturated heterocycles. The van der Waals surface area contributed by atoms with Crippen LogP contribution in [-0.4, -0.2) is 50.9 Å². The first-order chi connectivity index (χ1) is 25.0. The van der Waals surface area contributed by atoms with Crippen LogP contribution >= 0.6 is 22.9 Å². The van der Waals surface area contributed by atoms with Gasteiger partial charge in [-0.2, -0.15) is 0 Å². The van der Waals surface area contributed by atoms with Gasteiger partial charge in [-0.1, -0.05) is 66.2 Å². The number of aromatic hydroxyl groups is 1. The van der Waals surface area contributed by atoms with Crippen molar-refractivity contribution >= 4 is 45.7 Å². The molecule has 7 N–H and O–H groups in total. The first kappa shape index (κ1) is 36.3. The van der Waals surface area contributed by atoms with E-state index in [2.05, 4.69) is 15.6 Å². The number of fused-ring (bicyclic) bond motifs is 1. The summed E-state index contributed by atoms with van der Waals surface area (Å²) in [6.07, 6.45) is -0.968. The zero-order valence-corrected chi connectivity index (χ0v) is 29.3. The number of pyridine rings is 1. The lowest BCUT2D eigenvalue weighted by Gasteiger charge is -2.25. The number of carbonyl (C=O) groups excluding carboxylic acids is 1. The van der Waals surface area contributed by atoms with Crippen LogP contribution in [0.25, 0.3) is 21.3 Å². The molecule has 0 unspecified atom stereocenters. The molecule has 0 fully saturated rings. The molecule has 6 rings (SSSR count). The smallest absolute Gasteiger partial charge is 0.345 e. The Labute approximate surface area is 306 Å². The lowest BCUT2D eigenvalue weighted by Crippen LogP contribution is -2.36. The Hall–Kier alpha value is -5.50. The quantitative estimate of drug-likeness (QED) is 0.0782. The van der Waals surface area contributed by atoms with E-state index < -0.39 is 23.6 Å². The van der Waals surface area contributed by atoms with Gasteiger partial charge in [-0.05, 0) is 59.2 Å². The van der Waals surface area contributed by atoms with Crippen molar-refractivity contribution in [2.24, 2.45) is 0 Å². The van der Waals surface area contributed by atoms with Crippen LogP contribution in [0.4, 0.5) is 0 Å². The summed E-state index contributed by atoms with van der Waals surface area (Å²) in [4.78, 5) is 41.5. The number of amides is 1. The Bertz CT molecular complexity index is 2330. The number of carboxylic acids is 1. The molecule has 1 amide bonds. The van der Waals surface area contributed by atoms with E-state index in [1.807, 2.05) is 18.2 Å². The second-order valence-electron chi connectivity index (χ2n) is 12.0. The minimum Gasteiger partial charge on any atom is -0.506 e. The Kier molecular flexibility index (Phi) is 10.7. The van der Waals surface area contributed by atoms with E-state index in [0.717, 1.165) is 9.75 Å². The second kappa shape index (κ2) is 15.4. The number of nitrogens with one attached hydrogen (secondary N) is 3. The van der Waals surface area contributed by atoms with Gasteiger partial charge in [0.25, 0.3) is 5.91 Å². The van der Waals surface area contributed by atoms with Crippen molar-refractivity contribution in [1.82, 2.24) is 15.6 Å². The molecule has 2 heterocycles. The van der Waals surface area contributed by atoms with Crippen molar-refractivity contribution < 1.29 is 34.8 Å². The molecule has 6 aromatic rings. The molecule has 13 heteroatoms. The number of carbonyl (C=O) groups is 2. The van der Waals surface area contributed by atoms with Gasteiger partial charge in [-0.15, -0.1) is 11.3 Å². The molecular formula is C39H34ClN3O8S. The molecule has 0 spiro atoms. The molecule has 0 aliphatic carbocycles. The third-order valence-electron chi connectivity index (χ3n) is 8.68. The Morgan fingerprint density at radius 2 is 1.71 bits per heavy atom. The topological polar surface area (TPSA) is 181 Å². The number of thiophene rings is 1. The summed E-state index contributed by atoms with van der Waals surface area (Å²) in [6.45, 7) is 0.581. The standard InChI is InChI=1S/C39H34ClN3O8S/c1-51-33-18-29(30(40)17-23(33)19-41-21-32(45)27-11-13-31(44)36-28(27)12-15-35(46)43-36)37(47)42-20-26-10-14-34(52-26)22-6-5-9-25(16-22)39(50,38(48)49)24-7-3-2-4-8-24/h2-18,32,41,44-45,50H,19-21H2,1H3,(H,42,47)(H,43,46)(H,48,49)/t32-,39-/m0/s1. The number of methoxy groups -OCH3 is 1. The van der Waals surface area contributed by atoms with Crippen molar-refractivity contribution in [2.75, 3.05) is 13.7 Å². The maximum absolute atomic E-state index is 13.2. The molecule has 2 aromatic heterocycles. The number of aliphatic hydroxyl groups excluding tert-OH is 1. The molecule has 0 saturated carbocycles. The largest absolute Gasteiger partial charge is 0.506 e. The first-order valence-electron chi connectivity index (χ1n) is 16.1. The minimum absolute atomic E-state index is 0.0979. The summed E-state index contributed by atoms with van der Waals surface area (Å²) in [5.74, 6) is -1.48. The third-order valence-corrected chi connectivity index (χ3v) is 10.1. The number of phenols is 1. The van der Waals surface area contributed by atoms with Gasteiger partial charge in [0, 0.05) is 45.4 Å². The SMILES string of the molecule is COc1cc(C(=O)NCc2ccc(-c3cccc([C@](O)(C(=O)O)c4ccccc4)c3)s2)c(Cl)cc1CNC[C@H](O)c1ccc(O)c2[nH]c(=O)ccc12. The molecule has 0 aliphatic heterocycles. The average molecular weight is 740 g/mol. The molecular weight excluding hydrogens is 706 g/mol. The summed E-state index contributed by atoms with van der Waals surface area (Å²) < 4.78 is 5.55. The normalized spacial score (nSPS) is 13.0. The van der Waals surface area contributed by atoms with E-state index in [-0.39, 0.29) is 58.2 Å². The van der Waals surface area contributed by atoms with Crippen LogP contribution in [0.15, 0.2) is 108 Å². The fourth-order valence-corrected chi connectivity index (χ4v) is 7.20. The molecule has 4 aromatic carbocycles. The first-order valence-corrected chi connectivity index (χ1v) is 17.3. The van der Waals surface area contributed by atoms with Crippen molar-refractivity contribution in [3.05, 3.63) is 151 Å². The maximum Gasteiger partial charge on any atom is 0.345 e. The van der Waals surface area contributed by atoms with Crippen molar-refractivity contribution in [3.8, 4) is 21.9 Å². The number of aliphatic carboxylic acids is 1. The number of aromatic nitrogens is 1. The van der Waals surface area contributed by atoms with Crippen LogP contribution in [0.3, 0.4) is 0 Å². The van der Waals surface area contributed by atoms with Crippen LogP contribution in [0, 0.1) is 0 Å². The van der Waals surface area contributed by atoms with Crippen LogP contribution < -0.4 is 20.9 Å². The Morgan fingerprint density at radius 1 is 0.942 bits per heavy atom. The number of halogens is 1. The number of benzene rings is 4. The molecule has 52 heavy (non-hydrogen) atoms. The number of H-pyrrole nitrogens is 1. The predicted molar refractivity (Wildman–Crippen MR) is 199 cm³/mol. The van der Waals surface area contributed by atoms with Gasteiger partial charge in [0.1, 0.15) is 11.5 Å². The van der Waals surface area contributed by atoms with Gasteiger partial charge in [-0.3, -0.25) is 9.59 Å². The Balaban J connectivity index is 1.10. The van der Waals surface area contributed by atoms with Crippen LogP contribution in [0.1, 0.15) is 43.6 Å². The molecule has 2 atom stereocenters. The monoisotopic (exact) mass is 739 g/mol. The fourth-order valence-electron chi connectivity index (χ4n) is 5.98. The van der Waals surface area contributed by atoms with E-state index in [0.29, 0.717) is 27.8 Å². The summed E-state index contributed by atoms with van der Waals surface area (Å²) >= 11 is 7.98. The van der Waals surface area contributed by atoms with Crippen molar-refractivity contribution in [1.29, 1.82) is 0 Å². The number of aromatic amines is 1. The van der Waals surface area contributed by atoms with E-state index in [1.54, 1.807) is 72.8 Å². The molecule has 0 radical (unpaired) electrons. The van der Waals surface area contributed by atoms with E-state index in [4.69, 9.17) is 16.3 Å². The van der Waals surface area contributed by atoms with Crippen LogP contribution in [-0.2, 0) is 23.5 Å². The summed E-state index contributed by atoms with van der Waals surface area (Å²) in [7, 11) is 1.48. The van der Waals surface area contributed by atoms with E-state index >= 15 is 0 Å². The molecule has 11 nitrogen and oxygen atoms in total. The van der Waals surface area contributed by atoms with Gasteiger partial charge in [-0.25, -0.2) is 4.79 Å². The van der Waals surface area contributed by atoms with Crippen LogP contribution in [0.2, 0.25) is 5.02 Å². The molecule has 0 aliphatic rings. The van der Waals surface area contributed by atoms with Crippen molar-refractivity contribution in [2.45, 2.75) is 24.8 Å². The highest BCUT2D eigenvalue weighted by molar-refractivity contribution is 7.15. The average Bonchev–Trinajstić information content (AvgIpc) is 3.63. The van der Waals surface area contributed by atoms with Crippen molar-refractivity contribution in [3.63, 3.8) is 0 Å². The fraction of sp³-hybridized carbons (Fsp3) is 0.154. The number of hydrogen-bond donors (Lipinski definition) is 7. The number of ether oxygens (including phenoxy) is 1. The number of rotatable bonds is 13. The molecule has 266 valence electrons. The summed E-state index contributed by atoms with van der Waals surface area (Å²) in [5, 5.41) is 49.1. The minimum atomic E-state index is -2.23. The highest BCUT2D eigenvalue weighted by Crippen LogP contribution is 2.35. The van der Waals surface area contributed by atoms with Gasteiger partial charge in [0.05, 0.1) is 35.9 Å². The predicted octanol–water partition coefficient (Wildman–Crippen LogP) is 5.70. The number of hydrogen-bond acceptors (Lipinski definition) is 9. The lowest BCUT2D eigenvalue weighted by molar-refractivity contribution is -0.155. The van der Waals surface area contributed by atoms with E-state index in [1.165, 1.54) is 30.6 Å². The number of phenolic OH excluding ortho intramolecular Hbond substituents is 1. The zero-order chi connectivity index (χ0) is 37.0. The zero-order valence-electron chi connectivity index (χ0n) is 27.7. The summed E-state index contributed by atoms with van der Waals surface area (Å²) in [5.41, 5.74) is 0.209. The van der Waals surface area contributed by atoms with Gasteiger partial charge in [0.15, 0.2) is 0 Å². The van der Waals surface area contributed by atoms with Gasteiger partial charge < -0.3 is 40.8 Å². The third kappa shape index (κ3) is 7.42. The maximum atomic E-state index is 13.2. The Morgan fingerprint density at radius 3 is 2.46 bits per heavy atom. The number of carboxylic acid groups (broad SMARTS) is 1. The molecule has 0 bridgehead atoms. The van der Waals surface area contributed by atoms with Gasteiger partial charge >= 0.3 is 5.97 Å². The highest BCUT2D eigenvalue weighted by atomic mass is 35.5. The van der Waals surface area contributed by atoms with E-state index in [9.17, 15) is 34.8 Å². The summed E-state index contributed by atoms with van der Waals surface area (Å²) in [6, 6.07) is 27.8. The van der Waals surface area contributed by atoms with Crippen LogP contribution in [0.5, 0.6) is 11.5 Å². The highest BCUT2D eigenvalue weighted by Gasteiger charge is 2.40. The second-order valence-corrected chi connectivity index (χ2v) is 13.6.